The Morgan fingerprint density at radius 3 is 2.69 bits per heavy atom. The number of aliphatic hydroxyl groups is 2. The van der Waals surface area contributed by atoms with Gasteiger partial charge in [0.2, 0.25) is 0 Å². The third-order valence-corrected chi connectivity index (χ3v) is 2.94. The minimum Gasteiger partial charge on any atom is -0.389 e. The number of aromatic nitrogens is 1. The molecule has 4 nitrogen and oxygen atoms in total. The Bertz CT molecular complexity index is 255. The molecule has 2 heterocycles. The molecule has 5 heteroatoms. The molecule has 1 aromatic rings. The predicted molar refractivity (Wildman–Crippen MR) is 49.4 cm³/mol. The first-order valence-corrected chi connectivity index (χ1v) is 5.10. The lowest BCUT2D eigenvalue weighted by Crippen LogP contribution is -2.22. The third-order valence-electron chi connectivity index (χ3n) is 2.18. The number of thiazole rings is 1. The summed E-state index contributed by atoms with van der Waals surface area (Å²) in [7, 11) is 0. The van der Waals surface area contributed by atoms with Crippen molar-refractivity contribution in [3.8, 4) is 0 Å². The van der Waals surface area contributed by atoms with Crippen LogP contribution in [0.25, 0.3) is 0 Å². The number of aliphatic hydroxyl groups excluding tert-OH is 2. The van der Waals surface area contributed by atoms with E-state index < -0.39 is 12.2 Å². The van der Waals surface area contributed by atoms with Gasteiger partial charge in [0.1, 0.15) is 5.01 Å². The van der Waals surface area contributed by atoms with Gasteiger partial charge in [-0.05, 0) is 0 Å². The van der Waals surface area contributed by atoms with Gasteiger partial charge in [-0.2, -0.15) is 0 Å². The topological polar surface area (TPSA) is 56.6 Å². The first-order valence-electron chi connectivity index (χ1n) is 4.22. The summed E-state index contributed by atoms with van der Waals surface area (Å²) in [6, 6.07) is 0. The van der Waals surface area contributed by atoms with Crippen molar-refractivity contribution in [2.24, 2.45) is 0 Å². The van der Waals surface area contributed by atoms with E-state index in [2.05, 4.69) is 4.98 Å². The summed E-state index contributed by atoms with van der Waals surface area (Å²) in [5.74, 6) is 0. The second-order valence-electron chi connectivity index (χ2n) is 3.25. The lowest BCUT2D eigenvalue weighted by molar-refractivity contribution is 0.0572. The lowest BCUT2D eigenvalue weighted by Gasteiger charge is -2.11. The summed E-state index contributed by atoms with van der Waals surface area (Å²) in [5, 5.41) is 21.5. The molecule has 0 radical (unpaired) electrons. The van der Waals surface area contributed by atoms with Crippen molar-refractivity contribution in [1.29, 1.82) is 0 Å². The molecule has 0 spiro atoms. The summed E-state index contributed by atoms with van der Waals surface area (Å²) in [5.41, 5.74) is 0. The van der Waals surface area contributed by atoms with Crippen molar-refractivity contribution in [2.75, 3.05) is 13.1 Å². The van der Waals surface area contributed by atoms with E-state index in [0.29, 0.717) is 13.1 Å². The van der Waals surface area contributed by atoms with E-state index in [4.69, 9.17) is 0 Å². The van der Waals surface area contributed by atoms with E-state index in [1.807, 2.05) is 10.3 Å². The van der Waals surface area contributed by atoms with Crippen LogP contribution in [0, 0.1) is 0 Å². The van der Waals surface area contributed by atoms with Crippen LogP contribution in [0.1, 0.15) is 5.01 Å². The van der Waals surface area contributed by atoms with Crippen LogP contribution in [-0.2, 0) is 6.54 Å². The van der Waals surface area contributed by atoms with Gasteiger partial charge in [-0.1, -0.05) is 0 Å². The van der Waals surface area contributed by atoms with E-state index in [0.717, 1.165) is 11.6 Å². The molecule has 1 fully saturated rings. The SMILES string of the molecule is OC1CN(Cc2nccs2)CC1O. The Hall–Kier alpha value is -0.490. The van der Waals surface area contributed by atoms with Crippen LogP contribution < -0.4 is 0 Å². The number of rotatable bonds is 2. The number of hydrogen-bond donors (Lipinski definition) is 2. The number of hydrogen-bond acceptors (Lipinski definition) is 5. The Labute approximate surface area is 80.5 Å². The molecule has 2 N–H and O–H groups in total. The highest BCUT2D eigenvalue weighted by atomic mass is 32.1. The standard InChI is InChI=1S/C8H12N2O2S/c11-6-3-10(4-7(6)12)5-8-9-1-2-13-8/h1-2,6-7,11-12H,3-5H2. The third kappa shape index (κ3) is 2.05. The van der Waals surface area contributed by atoms with E-state index in [1.54, 1.807) is 17.5 Å². The van der Waals surface area contributed by atoms with Gasteiger partial charge in [-0.3, -0.25) is 4.90 Å². The average Bonchev–Trinajstić information content (AvgIpc) is 2.64. The summed E-state index contributed by atoms with van der Waals surface area (Å²) in [6.07, 6.45) is 0.572. The van der Waals surface area contributed by atoms with Crippen LogP contribution in [0.5, 0.6) is 0 Å². The number of nitrogens with zero attached hydrogens (tertiary/aromatic N) is 2. The fourth-order valence-electron chi connectivity index (χ4n) is 1.50. The molecule has 0 saturated carbocycles. The summed E-state index contributed by atoms with van der Waals surface area (Å²) >= 11 is 1.60. The summed E-state index contributed by atoms with van der Waals surface area (Å²) in [4.78, 5) is 6.15. The molecule has 0 aromatic carbocycles. The van der Waals surface area contributed by atoms with Gasteiger partial charge in [0.25, 0.3) is 0 Å². The zero-order chi connectivity index (χ0) is 9.26. The fourth-order valence-corrected chi connectivity index (χ4v) is 2.16. The molecule has 72 valence electrons. The number of β-amino-alcohol motifs (C(OH)–C–C–N with tert-alkyl or cyclic N) is 2. The molecule has 2 unspecified atom stereocenters. The van der Waals surface area contributed by atoms with Gasteiger partial charge in [-0.15, -0.1) is 11.3 Å². The maximum Gasteiger partial charge on any atom is 0.107 e. The second-order valence-corrected chi connectivity index (χ2v) is 4.23. The maximum atomic E-state index is 9.29. The fraction of sp³-hybridized carbons (Fsp3) is 0.625. The van der Waals surface area contributed by atoms with Crippen LogP contribution in [0.15, 0.2) is 11.6 Å². The smallest absolute Gasteiger partial charge is 0.107 e. The molecule has 1 aliphatic rings. The first-order chi connectivity index (χ1) is 6.25. The largest absolute Gasteiger partial charge is 0.389 e. The number of likely N-dealkylation sites (tertiary alicyclic amines) is 1. The lowest BCUT2D eigenvalue weighted by atomic mass is 10.3. The normalized spacial score (nSPS) is 29.7. The second kappa shape index (κ2) is 3.71. The molecule has 1 saturated heterocycles. The van der Waals surface area contributed by atoms with Crippen molar-refractivity contribution in [1.82, 2.24) is 9.88 Å². The van der Waals surface area contributed by atoms with Gasteiger partial charge >= 0.3 is 0 Å². The van der Waals surface area contributed by atoms with Crippen LogP contribution in [0.4, 0.5) is 0 Å². The molecular formula is C8H12N2O2S. The van der Waals surface area contributed by atoms with Crippen LogP contribution in [0.3, 0.4) is 0 Å². The Kier molecular flexibility index (Phi) is 2.59. The highest BCUT2D eigenvalue weighted by Crippen LogP contribution is 2.14. The molecule has 1 aliphatic heterocycles. The molecule has 13 heavy (non-hydrogen) atoms. The molecular weight excluding hydrogens is 188 g/mol. The summed E-state index contributed by atoms with van der Waals surface area (Å²) in [6.45, 7) is 1.81. The zero-order valence-electron chi connectivity index (χ0n) is 7.13. The highest BCUT2D eigenvalue weighted by molar-refractivity contribution is 7.09. The van der Waals surface area contributed by atoms with Gasteiger partial charge in [0.05, 0.1) is 18.8 Å². The molecule has 0 bridgehead atoms. The first kappa shape index (κ1) is 9.08. The molecule has 2 atom stereocenters. The molecule has 2 rings (SSSR count). The monoisotopic (exact) mass is 200 g/mol. The van der Waals surface area contributed by atoms with Crippen molar-refractivity contribution in [2.45, 2.75) is 18.8 Å². The van der Waals surface area contributed by atoms with Crippen LogP contribution >= 0.6 is 11.3 Å². The zero-order valence-corrected chi connectivity index (χ0v) is 7.94. The van der Waals surface area contributed by atoms with Crippen molar-refractivity contribution in [3.63, 3.8) is 0 Å². The Morgan fingerprint density at radius 1 is 1.46 bits per heavy atom. The minimum atomic E-state index is -0.597. The summed E-state index contributed by atoms with van der Waals surface area (Å²) < 4.78 is 0. The van der Waals surface area contributed by atoms with Crippen LogP contribution in [0.2, 0.25) is 0 Å². The Morgan fingerprint density at radius 2 is 2.15 bits per heavy atom. The van der Waals surface area contributed by atoms with Gasteiger partial charge in [-0.25, -0.2) is 4.98 Å². The molecule has 0 aliphatic carbocycles. The van der Waals surface area contributed by atoms with Crippen molar-refractivity contribution in [3.05, 3.63) is 16.6 Å². The van der Waals surface area contributed by atoms with E-state index in [9.17, 15) is 10.2 Å². The Balaban J connectivity index is 1.91. The maximum absolute atomic E-state index is 9.29. The van der Waals surface area contributed by atoms with Gasteiger partial charge in [0.15, 0.2) is 0 Å². The van der Waals surface area contributed by atoms with Crippen molar-refractivity contribution < 1.29 is 10.2 Å². The predicted octanol–water partition coefficient (Wildman–Crippen LogP) is -0.320. The van der Waals surface area contributed by atoms with E-state index in [-0.39, 0.29) is 0 Å². The molecule has 1 aromatic heterocycles. The quantitative estimate of drug-likeness (QED) is 0.687. The van der Waals surface area contributed by atoms with Crippen molar-refractivity contribution >= 4 is 11.3 Å². The van der Waals surface area contributed by atoms with E-state index in [1.165, 1.54) is 0 Å². The van der Waals surface area contributed by atoms with Gasteiger partial charge in [0, 0.05) is 24.7 Å². The average molecular weight is 200 g/mol. The van der Waals surface area contributed by atoms with Crippen LogP contribution in [-0.4, -0.2) is 45.4 Å². The highest BCUT2D eigenvalue weighted by Gasteiger charge is 2.29. The molecule has 0 amide bonds. The minimum absolute atomic E-state index is 0.542. The van der Waals surface area contributed by atoms with Gasteiger partial charge < -0.3 is 10.2 Å². The van der Waals surface area contributed by atoms with E-state index >= 15 is 0 Å².